The summed E-state index contributed by atoms with van der Waals surface area (Å²) in [5, 5.41) is 3.69. The molecule has 0 spiro atoms. The highest BCUT2D eigenvalue weighted by Gasteiger charge is 2.20. The maximum atomic E-state index is 5.94. The van der Waals surface area contributed by atoms with Crippen LogP contribution in [0.25, 0.3) is 0 Å². The summed E-state index contributed by atoms with van der Waals surface area (Å²) in [5.74, 6) is 0.813. The van der Waals surface area contributed by atoms with Gasteiger partial charge in [0.15, 0.2) is 0 Å². The number of nitrogens with one attached hydrogen (secondary N) is 1. The molecule has 0 amide bonds. The first-order valence-corrected chi connectivity index (χ1v) is 8.00. The molecule has 0 bridgehead atoms. The summed E-state index contributed by atoms with van der Waals surface area (Å²) in [5.41, 5.74) is 0. The molecule has 0 aromatic heterocycles. The molecule has 0 rings (SSSR count). The average molecular weight is 257 g/mol. The van der Waals surface area contributed by atoms with Crippen molar-refractivity contribution in [2.75, 3.05) is 13.2 Å². The molecule has 0 aliphatic carbocycles. The van der Waals surface area contributed by atoms with Crippen LogP contribution >= 0.6 is 0 Å². The Balaban J connectivity index is 4.21. The van der Waals surface area contributed by atoms with Crippen LogP contribution in [-0.2, 0) is 4.74 Å². The Morgan fingerprint density at radius 2 is 1.67 bits per heavy atom. The zero-order valence-corrected chi connectivity index (χ0v) is 13.3. The third kappa shape index (κ3) is 8.93. The molecule has 2 atom stereocenters. The molecular formula is C16H35NO. The van der Waals surface area contributed by atoms with Crippen LogP contribution in [0.5, 0.6) is 0 Å². The summed E-state index contributed by atoms with van der Waals surface area (Å²) < 4.78 is 5.94. The molecule has 18 heavy (non-hydrogen) atoms. The van der Waals surface area contributed by atoms with Crippen LogP contribution in [-0.4, -0.2) is 25.3 Å². The molecule has 2 heteroatoms. The molecule has 1 N–H and O–H groups in total. The number of hydrogen-bond donors (Lipinski definition) is 1. The Labute approximate surface area is 115 Å². The van der Waals surface area contributed by atoms with Gasteiger partial charge in [-0.2, -0.15) is 0 Å². The fourth-order valence-corrected chi connectivity index (χ4v) is 2.39. The van der Waals surface area contributed by atoms with E-state index in [0.717, 1.165) is 19.1 Å². The van der Waals surface area contributed by atoms with Crippen molar-refractivity contribution in [1.82, 2.24) is 5.32 Å². The minimum atomic E-state index is 0.402. The van der Waals surface area contributed by atoms with E-state index in [9.17, 15) is 0 Å². The smallest absolute Gasteiger partial charge is 0.0727 e. The molecule has 2 nitrogen and oxygen atoms in total. The van der Waals surface area contributed by atoms with Crippen LogP contribution in [0, 0.1) is 5.92 Å². The molecular weight excluding hydrogens is 222 g/mol. The molecule has 0 aromatic carbocycles. The highest BCUT2D eigenvalue weighted by atomic mass is 16.5. The normalized spacial score (nSPS) is 15.0. The second kappa shape index (κ2) is 12.0. The minimum absolute atomic E-state index is 0.402. The lowest BCUT2D eigenvalue weighted by Crippen LogP contribution is -2.42. The Kier molecular flexibility index (Phi) is 11.9. The topological polar surface area (TPSA) is 21.3 Å². The van der Waals surface area contributed by atoms with Gasteiger partial charge >= 0.3 is 0 Å². The van der Waals surface area contributed by atoms with Gasteiger partial charge in [0.1, 0.15) is 0 Å². The molecule has 0 heterocycles. The summed E-state index contributed by atoms with van der Waals surface area (Å²) in [6.07, 6.45) is 7.88. The standard InChI is InChI=1S/C16H35NO/c1-6-10-16(18-8-3)15(17-13-7-2)12-9-11-14(4)5/h14-17H,6-13H2,1-5H3. The molecule has 0 radical (unpaired) electrons. The minimum Gasteiger partial charge on any atom is -0.377 e. The first-order chi connectivity index (χ1) is 8.65. The lowest BCUT2D eigenvalue weighted by atomic mass is 9.97. The molecule has 0 saturated carbocycles. The van der Waals surface area contributed by atoms with E-state index >= 15 is 0 Å². The molecule has 0 aliphatic rings. The van der Waals surface area contributed by atoms with Crippen LogP contribution in [0.2, 0.25) is 0 Å². The van der Waals surface area contributed by atoms with Gasteiger partial charge in [-0.15, -0.1) is 0 Å². The van der Waals surface area contributed by atoms with Crippen molar-refractivity contribution in [3.8, 4) is 0 Å². The van der Waals surface area contributed by atoms with Crippen molar-refractivity contribution in [2.24, 2.45) is 5.92 Å². The van der Waals surface area contributed by atoms with Gasteiger partial charge in [0.2, 0.25) is 0 Å². The van der Waals surface area contributed by atoms with E-state index in [-0.39, 0.29) is 0 Å². The maximum Gasteiger partial charge on any atom is 0.0727 e. The molecule has 0 aromatic rings. The Morgan fingerprint density at radius 3 is 2.17 bits per heavy atom. The largest absolute Gasteiger partial charge is 0.377 e. The summed E-state index contributed by atoms with van der Waals surface area (Å²) in [4.78, 5) is 0. The van der Waals surface area contributed by atoms with Crippen LogP contribution < -0.4 is 5.32 Å². The fraction of sp³-hybridized carbons (Fsp3) is 1.00. The van der Waals surface area contributed by atoms with E-state index < -0.39 is 0 Å². The van der Waals surface area contributed by atoms with Gasteiger partial charge in [-0.3, -0.25) is 0 Å². The van der Waals surface area contributed by atoms with Crippen molar-refractivity contribution < 1.29 is 4.74 Å². The molecule has 0 saturated heterocycles. The summed E-state index contributed by atoms with van der Waals surface area (Å²) in [7, 11) is 0. The van der Waals surface area contributed by atoms with Gasteiger partial charge in [-0.05, 0) is 38.6 Å². The summed E-state index contributed by atoms with van der Waals surface area (Å²) in [6.45, 7) is 13.1. The monoisotopic (exact) mass is 257 g/mol. The molecule has 0 fully saturated rings. The second-order valence-electron chi connectivity index (χ2n) is 5.67. The van der Waals surface area contributed by atoms with Crippen molar-refractivity contribution in [2.45, 2.75) is 85.3 Å². The molecule has 2 unspecified atom stereocenters. The van der Waals surface area contributed by atoms with Crippen LogP contribution in [0.15, 0.2) is 0 Å². The maximum absolute atomic E-state index is 5.94. The van der Waals surface area contributed by atoms with Gasteiger partial charge < -0.3 is 10.1 Å². The average Bonchev–Trinajstić information content (AvgIpc) is 2.33. The van der Waals surface area contributed by atoms with Gasteiger partial charge in [0, 0.05) is 12.6 Å². The van der Waals surface area contributed by atoms with E-state index in [1.807, 2.05) is 0 Å². The highest BCUT2D eigenvalue weighted by Crippen LogP contribution is 2.15. The Hall–Kier alpha value is -0.0800. The van der Waals surface area contributed by atoms with Gasteiger partial charge in [-0.1, -0.05) is 47.0 Å². The van der Waals surface area contributed by atoms with Crippen molar-refractivity contribution >= 4 is 0 Å². The van der Waals surface area contributed by atoms with Crippen LogP contribution in [0.4, 0.5) is 0 Å². The van der Waals surface area contributed by atoms with E-state index in [1.165, 1.54) is 38.5 Å². The number of ether oxygens (including phenoxy) is 1. The predicted molar refractivity (Wildman–Crippen MR) is 81.1 cm³/mol. The van der Waals surface area contributed by atoms with Gasteiger partial charge in [-0.25, -0.2) is 0 Å². The van der Waals surface area contributed by atoms with Gasteiger partial charge in [0.25, 0.3) is 0 Å². The SMILES string of the molecule is CCCNC(CCCC(C)C)C(CCC)OCC. The van der Waals surface area contributed by atoms with E-state index in [2.05, 4.69) is 39.9 Å². The van der Waals surface area contributed by atoms with Crippen molar-refractivity contribution in [1.29, 1.82) is 0 Å². The Bertz CT molecular complexity index is 164. The van der Waals surface area contributed by atoms with Gasteiger partial charge in [0.05, 0.1) is 6.10 Å². The van der Waals surface area contributed by atoms with Crippen LogP contribution in [0.1, 0.15) is 73.1 Å². The fourth-order valence-electron chi connectivity index (χ4n) is 2.39. The molecule has 0 aliphatic heterocycles. The first-order valence-electron chi connectivity index (χ1n) is 8.00. The summed E-state index contributed by atoms with van der Waals surface area (Å²) >= 11 is 0. The van der Waals surface area contributed by atoms with Crippen molar-refractivity contribution in [3.05, 3.63) is 0 Å². The first kappa shape index (κ1) is 17.9. The number of rotatable bonds is 12. The number of hydrogen-bond acceptors (Lipinski definition) is 2. The Morgan fingerprint density at radius 1 is 0.944 bits per heavy atom. The lowest BCUT2D eigenvalue weighted by molar-refractivity contribution is 0.0251. The zero-order chi connectivity index (χ0) is 13.8. The predicted octanol–water partition coefficient (Wildman–Crippen LogP) is 4.39. The van der Waals surface area contributed by atoms with Crippen LogP contribution in [0.3, 0.4) is 0 Å². The third-order valence-corrected chi connectivity index (χ3v) is 3.36. The zero-order valence-electron chi connectivity index (χ0n) is 13.3. The highest BCUT2D eigenvalue weighted by molar-refractivity contribution is 4.77. The quantitative estimate of drug-likeness (QED) is 0.560. The third-order valence-electron chi connectivity index (χ3n) is 3.36. The summed E-state index contributed by atoms with van der Waals surface area (Å²) in [6, 6.07) is 0.545. The van der Waals surface area contributed by atoms with E-state index in [4.69, 9.17) is 4.74 Å². The molecule has 110 valence electrons. The second-order valence-corrected chi connectivity index (χ2v) is 5.67. The van der Waals surface area contributed by atoms with E-state index in [1.54, 1.807) is 0 Å². The van der Waals surface area contributed by atoms with Crippen molar-refractivity contribution in [3.63, 3.8) is 0 Å². The van der Waals surface area contributed by atoms with E-state index in [0.29, 0.717) is 12.1 Å². The lowest BCUT2D eigenvalue weighted by Gasteiger charge is -2.28.